The maximum atomic E-state index is 12.4. The van der Waals surface area contributed by atoms with Gasteiger partial charge in [-0.1, -0.05) is 29.8 Å². The van der Waals surface area contributed by atoms with Gasteiger partial charge in [0, 0.05) is 32.4 Å². The molecule has 0 saturated carbocycles. The number of ether oxygens (including phenoxy) is 1. The van der Waals surface area contributed by atoms with E-state index in [2.05, 4.69) is 0 Å². The average molecular weight is 367 g/mol. The summed E-state index contributed by atoms with van der Waals surface area (Å²) in [6.07, 6.45) is 2.90. The highest BCUT2D eigenvalue weighted by atomic mass is 16.5. The van der Waals surface area contributed by atoms with Gasteiger partial charge in [0.15, 0.2) is 0 Å². The van der Waals surface area contributed by atoms with Crippen LogP contribution in [0.1, 0.15) is 40.7 Å². The number of carbonyl (C=O) groups is 2. The van der Waals surface area contributed by atoms with E-state index in [9.17, 15) is 9.59 Å². The first-order valence-corrected chi connectivity index (χ1v) is 9.34. The van der Waals surface area contributed by atoms with Gasteiger partial charge < -0.3 is 14.7 Å². The Morgan fingerprint density at radius 2 is 1.67 bits per heavy atom. The third kappa shape index (κ3) is 5.33. The quantitative estimate of drug-likeness (QED) is 0.845. The van der Waals surface area contributed by atoms with Crippen LogP contribution in [0.4, 0.5) is 0 Å². The highest BCUT2D eigenvalue weighted by Gasteiger charge is 2.23. The van der Waals surface area contributed by atoms with Gasteiger partial charge in [0.1, 0.15) is 11.9 Å². The molecule has 1 saturated heterocycles. The molecule has 2 aromatic carbocycles. The Hall–Kier alpha value is -2.82. The van der Waals surface area contributed by atoms with Crippen molar-refractivity contribution in [3.63, 3.8) is 0 Å². The SMILES string of the molecule is Cc1ccc(OC2CCN(C(=O)CCc3ccc(C(=O)O)cc3)CC2)cc1. The molecule has 5 heteroatoms. The van der Waals surface area contributed by atoms with Crippen molar-refractivity contribution >= 4 is 11.9 Å². The Morgan fingerprint density at radius 3 is 2.26 bits per heavy atom. The summed E-state index contributed by atoms with van der Waals surface area (Å²) in [5.74, 6) is 0.0923. The molecular formula is C22H25NO4. The average Bonchev–Trinajstić information content (AvgIpc) is 2.69. The van der Waals surface area contributed by atoms with E-state index in [0.29, 0.717) is 25.9 Å². The van der Waals surface area contributed by atoms with Crippen LogP contribution in [0.5, 0.6) is 5.75 Å². The number of likely N-dealkylation sites (tertiary alicyclic amines) is 1. The Bertz CT molecular complexity index is 775. The number of nitrogens with zero attached hydrogens (tertiary/aromatic N) is 1. The molecular weight excluding hydrogens is 342 g/mol. The number of hydrogen-bond donors (Lipinski definition) is 1. The third-order valence-corrected chi connectivity index (χ3v) is 4.95. The first kappa shape index (κ1) is 19.0. The first-order chi connectivity index (χ1) is 13.0. The molecule has 5 nitrogen and oxygen atoms in total. The van der Waals surface area contributed by atoms with Crippen molar-refractivity contribution in [3.05, 3.63) is 65.2 Å². The summed E-state index contributed by atoms with van der Waals surface area (Å²) in [5.41, 5.74) is 2.45. The van der Waals surface area contributed by atoms with Gasteiger partial charge in [-0.25, -0.2) is 4.79 Å². The molecule has 1 aliphatic heterocycles. The zero-order valence-electron chi connectivity index (χ0n) is 15.6. The van der Waals surface area contributed by atoms with Gasteiger partial charge >= 0.3 is 5.97 Å². The molecule has 0 bridgehead atoms. The zero-order chi connectivity index (χ0) is 19.2. The number of hydrogen-bond acceptors (Lipinski definition) is 3. The third-order valence-electron chi connectivity index (χ3n) is 4.95. The summed E-state index contributed by atoms with van der Waals surface area (Å²) in [5, 5.41) is 8.92. The number of carbonyl (C=O) groups excluding carboxylic acids is 1. The Morgan fingerprint density at radius 1 is 1.04 bits per heavy atom. The van der Waals surface area contributed by atoms with Crippen molar-refractivity contribution in [1.82, 2.24) is 4.90 Å². The minimum atomic E-state index is -0.937. The lowest BCUT2D eigenvalue weighted by Crippen LogP contribution is -2.41. The molecule has 1 amide bonds. The molecule has 0 spiro atoms. The van der Waals surface area contributed by atoms with Crippen molar-refractivity contribution in [3.8, 4) is 5.75 Å². The first-order valence-electron chi connectivity index (χ1n) is 9.34. The van der Waals surface area contributed by atoms with Crippen molar-refractivity contribution in [1.29, 1.82) is 0 Å². The Balaban J connectivity index is 1.42. The molecule has 0 aromatic heterocycles. The lowest BCUT2D eigenvalue weighted by Gasteiger charge is -2.32. The minimum Gasteiger partial charge on any atom is -0.490 e. The monoisotopic (exact) mass is 367 g/mol. The summed E-state index contributed by atoms with van der Waals surface area (Å²) in [4.78, 5) is 25.2. The van der Waals surface area contributed by atoms with Crippen LogP contribution >= 0.6 is 0 Å². The van der Waals surface area contributed by atoms with E-state index in [4.69, 9.17) is 9.84 Å². The predicted molar refractivity (Wildman–Crippen MR) is 103 cm³/mol. The van der Waals surface area contributed by atoms with Gasteiger partial charge in [-0.05, 0) is 43.2 Å². The van der Waals surface area contributed by atoms with E-state index in [-0.39, 0.29) is 17.6 Å². The van der Waals surface area contributed by atoms with Crippen LogP contribution in [0, 0.1) is 6.92 Å². The Labute approximate surface area is 159 Å². The van der Waals surface area contributed by atoms with Gasteiger partial charge in [0.2, 0.25) is 5.91 Å². The van der Waals surface area contributed by atoms with Crippen LogP contribution in [0.25, 0.3) is 0 Å². The largest absolute Gasteiger partial charge is 0.490 e. The van der Waals surface area contributed by atoms with E-state index in [1.54, 1.807) is 24.3 Å². The fourth-order valence-corrected chi connectivity index (χ4v) is 3.26. The number of aromatic carboxylic acids is 1. The molecule has 0 unspecified atom stereocenters. The second-order valence-corrected chi connectivity index (χ2v) is 7.01. The zero-order valence-corrected chi connectivity index (χ0v) is 15.6. The van der Waals surface area contributed by atoms with E-state index in [1.807, 2.05) is 36.1 Å². The molecule has 3 rings (SSSR count). The second-order valence-electron chi connectivity index (χ2n) is 7.01. The van der Waals surface area contributed by atoms with Crippen LogP contribution in [-0.2, 0) is 11.2 Å². The fraction of sp³-hybridized carbons (Fsp3) is 0.364. The molecule has 0 aliphatic carbocycles. The summed E-state index contributed by atoms with van der Waals surface area (Å²) in [7, 11) is 0. The van der Waals surface area contributed by atoms with Gasteiger partial charge in [-0.3, -0.25) is 4.79 Å². The topological polar surface area (TPSA) is 66.8 Å². The highest BCUT2D eigenvalue weighted by molar-refractivity contribution is 5.87. The number of carboxylic acids is 1. The number of piperidine rings is 1. The summed E-state index contributed by atoms with van der Waals surface area (Å²) in [6, 6.07) is 14.8. The molecule has 1 aliphatic rings. The Kier molecular flexibility index (Phi) is 6.12. The number of aryl methyl sites for hydroxylation is 2. The maximum absolute atomic E-state index is 12.4. The van der Waals surface area contributed by atoms with E-state index >= 15 is 0 Å². The molecule has 0 atom stereocenters. The van der Waals surface area contributed by atoms with Gasteiger partial charge in [-0.15, -0.1) is 0 Å². The minimum absolute atomic E-state index is 0.145. The van der Waals surface area contributed by atoms with Gasteiger partial charge in [0.25, 0.3) is 0 Å². The molecule has 1 fully saturated rings. The highest BCUT2D eigenvalue weighted by Crippen LogP contribution is 2.20. The summed E-state index contributed by atoms with van der Waals surface area (Å²) in [6.45, 7) is 3.48. The molecule has 142 valence electrons. The van der Waals surface area contributed by atoms with Crippen LogP contribution in [-0.4, -0.2) is 41.1 Å². The van der Waals surface area contributed by atoms with Crippen LogP contribution < -0.4 is 4.74 Å². The molecule has 1 N–H and O–H groups in total. The second kappa shape index (κ2) is 8.71. The lowest BCUT2D eigenvalue weighted by atomic mass is 10.0. The van der Waals surface area contributed by atoms with Crippen LogP contribution in [0.3, 0.4) is 0 Å². The predicted octanol–water partition coefficient (Wildman–Crippen LogP) is 3.70. The van der Waals surface area contributed by atoms with E-state index in [1.165, 1.54) is 5.56 Å². The normalized spacial score (nSPS) is 14.8. The van der Waals surface area contributed by atoms with Crippen molar-refractivity contribution in [2.45, 2.75) is 38.7 Å². The molecule has 2 aromatic rings. The maximum Gasteiger partial charge on any atom is 0.335 e. The summed E-state index contributed by atoms with van der Waals surface area (Å²) >= 11 is 0. The van der Waals surface area contributed by atoms with Crippen molar-refractivity contribution in [2.24, 2.45) is 0 Å². The number of rotatable bonds is 6. The smallest absolute Gasteiger partial charge is 0.335 e. The van der Waals surface area contributed by atoms with Gasteiger partial charge in [0.05, 0.1) is 5.56 Å². The number of carboxylic acid groups (broad SMARTS) is 1. The van der Waals surface area contributed by atoms with Crippen LogP contribution in [0.15, 0.2) is 48.5 Å². The lowest BCUT2D eigenvalue weighted by molar-refractivity contribution is -0.132. The number of benzene rings is 2. The van der Waals surface area contributed by atoms with Crippen molar-refractivity contribution in [2.75, 3.05) is 13.1 Å². The molecule has 1 heterocycles. The van der Waals surface area contributed by atoms with Gasteiger partial charge in [-0.2, -0.15) is 0 Å². The summed E-state index contributed by atoms with van der Waals surface area (Å²) < 4.78 is 6.01. The number of amides is 1. The standard InChI is InChI=1S/C22H25NO4/c1-16-2-9-19(10-3-16)27-20-12-14-23(15-13-20)21(24)11-6-17-4-7-18(8-5-17)22(25)26/h2-5,7-10,20H,6,11-15H2,1H3,(H,25,26). The fourth-order valence-electron chi connectivity index (χ4n) is 3.26. The van der Waals surface area contributed by atoms with Crippen LogP contribution in [0.2, 0.25) is 0 Å². The van der Waals surface area contributed by atoms with Crippen molar-refractivity contribution < 1.29 is 19.4 Å². The molecule has 27 heavy (non-hydrogen) atoms. The molecule has 0 radical (unpaired) electrons. The van der Waals surface area contributed by atoms with E-state index < -0.39 is 5.97 Å². The van der Waals surface area contributed by atoms with E-state index in [0.717, 1.165) is 24.2 Å².